The number of hydrogen-bond acceptors (Lipinski definition) is 8. The Labute approximate surface area is 281 Å². The highest BCUT2D eigenvalue weighted by atomic mass is 19.4. The molecule has 50 heavy (non-hydrogen) atoms. The second-order valence-electron chi connectivity index (χ2n) is 12.3. The Kier molecular flexibility index (Phi) is 8.60. The molecule has 0 spiro atoms. The number of amides is 1. The summed E-state index contributed by atoms with van der Waals surface area (Å²) in [6.07, 6.45) is -4.03. The minimum atomic E-state index is -4.63. The van der Waals surface area contributed by atoms with Crippen LogP contribution < -0.4 is 9.64 Å². The number of methoxy groups -OCH3 is 1. The van der Waals surface area contributed by atoms with Crippen LogP contribution in [0.5, 0.6) is 5.75 Å². The summed E-state index contributed by atoms with van der Waals surface area (Å²) in [6.45, 7) is 3.08. The first-order chi connectivity index (χ1) is 23.5. The lowest BCUT2D eigenvalue weighted by Gasteiger charge is -2.38. The van der Waals surface area contributed by atoms with E-state index in [1.807, 2.05) is 0 Å². The summed E-state index contributed by atoms with van der Waals surface area (Å²) < 4.78 is 95.0. The minimum absolute atomic E-state index is 0.0223. The Morgan fingerprint density at radius 2 is 1.72 bits per heavy atom. The standard InChI is InChI=1S/C34H29F6N5O5/c1-16-5-19(8-20(6-16)34(38,39)40)29-18(3)45(32(48)50-29)13-27-24(12-42-31(43-27)44-14-33(36,37)15-44)22-9-21(25(35)10-28(22)49-4)23-11-41-26(30(46)47)7-17(23)2/h5-12,18,29H,13-15H2,1-4H3,(H,46,47)/t18-,29-/m0/s1. The van der Waals surface area contributed by atoms with Crippen LogP contribution in [0.25, 0.3) is 22.3 Å². The predicted octanol–water partition coefficient (Wildman–Crippen LogP) is 7.22. The molecule has 2 aromatic carbocycles. The number of cyclic esters (lactones) is 1. The number of anilines is 1. The zero-order valence-electron chi connectivity index (χ0n) is 27.0. The topological polar surface area (TPSA) is 118 Å². The van der Waals surface area contributed by atoms with Crippen molar-refractivity contribution >= 4 is 18.0 Å². The maximum atomic E-state index is 15.5. The van der Waals surface area contributed by atoms with Gasteiger partial charge in [-0.15, -0.1) is 0 Å². The highest BCUT2D eigenvalue weighted by molar-refractivity contribution is 5.87. The van der Waals surface area contributed by atoms with Gasteiger partial charge in [0.25, 0.3) is 5.92 Å². The van der Waals surface area contributed by atoms with Crippen molar-refractivity contribution in [2.75, 3.05) is 25.1 Å². The number of carbonyl (C=O) groups is 2. The van der Waals surface area contributed by atoms with Gasteiger partial charge in [0.15, 0.2) is 0 Å². The summed E-state index contributed by atoms with van der Waals surface area (Å²) in [7, 11) is 1.30. The highest BCUT2D eigenvalue weighted by Gasteiger charge is 2.46. The first kappa shape index (κ1) is 34.5. The Morgan fingerprint density at radius 3 is 2.34 bits per heavy atom. The van der Waals surface area contributed by atoms with Crippen molar-refractivity contribution in [2.24, 2.45) is 0 Å². The summed E-state index contributed by atoms with van der Waals surface area (Å²) in [5, 5.41) is 9.33. The lowest BCUT2D eigenvalue weighted by atomic mass is 9.95. The molecule has 262 valence electrons. The van der Waals surface area contributed by atoms with Crippen LogP contribution in [0.1, 0.15) is 51.5 Å². The number of aryl methyl sites for hydroxylation is 2. The second-order valence-corrected chi connectivity index (χ2v) is 12.3. The fourth-order valence-electron chi connectivity index (χ4n) is 6.12. The van der Waals surface area contributed by atoms with Gasteiger partial charge in [0.1, 0.15) is 23.4 Å². The van der Waals surface area contributed by atoms with E-state index in [0.29, 0.717) is 11.1 Å². The zero-order valence-corrected chi connectivity index (χ0v) is 27.0. The first-order valence-corrected chi connectivity index (χ1v) is 15.2. The van der Waals surface area contributed by atoms with Gasteiger partial charge in [0.2, 0.25) is 5.95 Å². The van der Waals surface area contributed by atoms with E-state index in [9.17, 15) is 36.6 Å². The molecule has 4 aromatic rings. The SMILES string of the molecule is COc1cc(F)c(-c2cnc(C(=O)O)cc2C)cc1-c1cnc(N2CC(F)(F)C2)nc1CN1C(=O)O[C@H](c2cc(C)cc(C(F)(F)F)c2)[C@@H]1C. The third-order valence-corrected chi connectivity index (χ3v) is 8.65. The number of carbonyl (C=O) groups excluding carboxylic acids is 1. The van der Waals surface area contributed by atoms with Crippen LogP contribution >= 0.6 is 0 Å². The maximum Gasteiger partial charge on any atom is 0.416 e. The van der Waals surface area contributed by atoms with Crippen molar-refractivity contribution in [3.8, 4) is 28.0 Å². The molecule has 1 N–H and O–H groups in total. The average molecular weight is 702 g/mol. The average Bonchev–Trinajstić information content (AvgIpc) is 3.31. The Morgan fingerprint density at radius 1 is 1.02 bits per heavy atom. The summed E-state index contributed by atoms with van der Waals surface area (Å²) in [6, 6.07) is 6.40. The van der Waals surface area contributed by atoms with E-state index in [-0.39, 0.29) is 57.4 Å². The lowest BCUT2D eigenvalue weighted by Crippen LogP contribution is -2.57. The van der Waals surface area contributed by atoms with E-state index >= 15 is 4.39 Å². The number of benzene rings is 2. The summed E-state index contributed by atoms with van der Waals surface area (Å²) in [5.41, 5.74) is 0.603. The fourth-order valence-corrected chi connectivity index (χ4v) is 6.12. The molecule has 0 bridgehead atoms. The van der Waals surface area contributed by atoms with Gasteiger partial charge in [-0.1, -0.05) is 11.6 Å². The lowest BCUT2D eigenvalue weighted by molar-refractivity contribution is -0.137. The number of rotatable bonds is 8. The van der Waals surface area contributed by atoms with Crippen LogP contribution in [0.4, 0.5) is 37.1 Å². The monoisotopic (exact) mass is 701 g/mol. The fraction of sp³-hybridized carbons (Fsp3) is 0.324. The van der Waals surface area contributed by atoms with Gasteiger partial charge < -0.3 is 19.5 Å². The number of pyridine rings is 1. The van der Waals surface area contributed by atoms with Crippen LogP contribution in [-0.4, -0.2) is 69.2 Å². The van der Waals surface area contributed by atoms with E-state index < -0.39 is 60.8 Å². The molecule has 6 rings (SSSR count). The van der Waals surface area contributed by atoms with Gasteiger partial charge in [0.05, 0.1) is 44.0 Å². The van der Waals surface area contributed by atoms with Crippen molar-refractivity contribution in [1.82, 2.24) is 19.9 Å². The normalized spacial score (nSPS) is 18.6. The number of carboxylic acid groups (broad SMARTS) is 1. The Bertz CT molecular complexity index is 2020. The number of carboxylic acids is 1. The van der Waals surface area contributed by atoms with Crippen molar-refractivity contribution in [2.45, 2.75) is 51.6 Å². The van der Waals surface area contributed by atoms with Crippen molar-refractivity contribution in [3.63, 3.8) is 0 Å². The second kappa shape index (κ2) is 12.5. The third kappa shape index (κ3) is 6.48. The van der Waals surface area contributed by atoms with Crippen LogP contribution in [0.2, 0.25) is 0 Å². The number of alkyl halides is 5. The molecular weight excluding hydrogens is 672 g/mol. The molecule has 0 unspecified atom stereocenters. The third-order valence-electron chi connectivity index (χ3n) is 8.65. The summed E-state index contributed by atoms with van der Waals surface area (Å²) >= 11 is 0. The van der Waals surface area contributed by atoms with Crippen LogP contribution in [0, 0.1) is 19.7 Å². The maximum absolute atomic E-state index is 15.5. The minimum Gasteiger partial charge on any atom is -0.496 e. The van der Waals surface area contributed by atoms with Gasteiger partial charge in [0, 0.05) is 40.7 Å². The smallest absolute Gasteiger partial charge is 0.416 e. The number of aromatic nitrogens is 3. The molecule has 10 nitrogen and oxygen atoms in total. The van der Waals surface area contributed by atoms with Crippen LogP contribution in [0.3, 0.4) is 0 Å². The molecule has 0 aliphatic carbocycles. The zero-order chi connectivity index (χ0) is 36.3. The Hall–Kier alpha value is -5.41. The Balaban J connectivity index is 1.43. The highest BCUT2D eigenvalue weighted by Crippen LogP contribution is 2.42. The molecule has 1 amide bonds. The molecule has 2 aliphatic rings. The van der Waals surface area contributed by atoms with Gasteiger partial charge in [-0.3, -0.25) is 4.90 Å². The largest absolute Gasteiger partial charge is 0.496 e. The first-order valence-electron chi connectivity index (χ1n) is 15.2. The predicted molar refractivity (Wildman–Crippen MR) is 166 cm³/mol. The number of hydrogen-bond donors (Lipinski definition) is 1. The van der Waals surface area contributed by atoms with Crippen molar-refractivity contribution in [3.05, 3.63) is 88.3 Å². The summed E-state index contributed by atoms with van der Waals surface area (Å²) in [5.74, 6) is -4.98. The quantitative estimate of drug-likeness (QED) is 0.190. The van der Waals surface area contributed by atoms with E-state index in [0.717, 1.165) is 18.2 Å². The molecule has 2 saturated heterocycles. The molecule has 2 aliphatic heterocycles. The number of halogens is 6. The molecule has 2 atom stereocenters. The van der Waals surface area contributed by atoms with Crippen molar-refractivity contribution < 1.29 is 50.5 Å². The van der Waals surface area contributed by atoms with Gasteiger partial charge in [-0.25, -0.2) is 37.7 Å². The number of ether oxygens (including phenoxy) is 2. The molecule has 0 saturated carbocycles. The molecule has 2 fully saturated rings. The van der Waals surface area contributed by atoms with E-state index in [4.69, 9.17) is 9.47 Å². The van der Waals surface area contributed by atoms with E-state index in [1.165, 1.54) is 54.4 Å². The molecule has 16 heteroatoms. The van der Waals surface area contributed by atoms with Crippen molar-refractivity contribution in [1.29, 1.82) is 0 Å². The van der Waals surface area contributed by atoms with Gasteiger partial charge in [-0.05, 0) is 56.2 Å². The van der Waals surface area contributed by atoms with E-state index in [1.54, 1.807) is 13.8 Å². The number of aromatic carboxylic acids is 1. The van der Waals surface area contributed by atoms with Gasteiger partial charge >= 0.3 is 18.2 Å². The van der Waals surface area contributed by atoms with Crippen LogP contribution in [0.15, 0.2) is 48.8 Å². The van der Waals surface area contributed by atoms with Gasteiger partial charge in [-0.2, -0.15) is 13.2 Å². The van der Waals surface area contributed by atoms with Crippen LogP contribution in [-0.2, 0) is 17.5 Å². The molecular formula is C34H29F6N5O5. The molecule has 0 radical (unpaired) electrons. The molecule has 4 heterocycles. The summed E-state index contributed by atoms with van der Waals surface area (Å²) in [4.78, 5) is 39.9. The number of nitrogens with zero attached hydrogens (tertiary/aromatic N) is 5. The molecule has 2 aromatic heterocycles. The van der Waals surface area contributed by atoms with E-state index in [2.05, 4.69) is 15.0 Å².